The number of aromatic nitrogens is 1. The number of ether oxygens (including phenoxy) is 1. The Morgan fingerprint density at radius 1 is 1.22 bits per heavy atom. The Labute approximate surface area is 133 Å². The van der Waals surface area contributed by atoms with Crippen LogP contribution in [0.3, 0.4) is 0 Å². The number of amides is 3. The Balaban J connectivity index is 2.03. The summed E-state index contributed by atoms with van der Waals surface area (Å²) in [6.45, 7) is 0. The lowest BCUT2D eigenvalue weighted by Gasteiger charge is -2.17. The zero-order valence-corrected chi connectivity index (χ0v) is 12.7. The first kappa shape index (κ1) is 16.3. The molecule has 1 atom stereocenters. The lowest BCUT2D eigenvalue weighted by Crippen LogP contribution is -2.35. The summed E-state index contributed by atoms with van der Waals surface area (Å²) in [4.78, 5) is 27.3. The van der Waals surface area contributed by atoms with Gasteiger partial charge in [-0.1, -0.05) is 30.3 Å². The van der Waals surface area contributed by atoms with Crippen LogP contribution in [0.4, 0.5) is 10.5 Å². The molecule has 3 amide bonds. The largest absolute Gasteiger partial charge is 0.481 e. The Hall–Kier alpha value is -3.09. The van der Waals surface area contributed by atoms with E-state index in [-0.39, 0.29) is 12.3 Å². The second kappa shape index (κ2) is 7.79. The van der Waals surface area contributed by atoms with Crippen molar-refractivity contribution >= 4 is 17.6 Å². The second-order valence-electron chi connectivity index (χ2n) is 4.81. The maximum atomic E-state index is 12.2. The van der Waals surface area contributed by atoms with Crippen LogP contribution >= 0.6 is 0 Å². The summed E-state index contributed by atoms with van der Waals surface area (Å²) in [5.74, 6) is 0.195. The van der Waals surface area contributed by atoms with E-state index in [1.54, 1.807) is 12.1 Å². The van der Waals surface area contributed by atoms with E-state index in [1.165, 1.54) is 13.3 Å². The number of benzene rings is 1. The Kier molecular flexibility index (Phi) is 5.51. The molecule has 0 saturated carbocycles. The first-order valence-corrected chi connectivity index (χ1v) is 6.99. The molecular formula is C16H18N4O3. The number of hydrogen-bond donors (Lipinski definition) is 3. The molecule has 0 bridgehead atoms. The summed E-state index contributed by atoms with van der Waals surface area (Å²) >= 11 is 0. The highest BCUT2D eigenvalue weighted by atomic mass is 16.5. The molecule has 1 aromatic carbocycles. The molecule has 0 aliphatic carbocycles. The summed E-state index contributed by atoms with van der Waals surface area (Å²) in [5, 5.41) is 5.29. The van der Waals surface area contributed by atoms with Gasteiger partial charge in [0.2, 0.25) is 11.8 Å². The van der Waals surface area contributed by atoms with Crippen LogP contribution in [0.1, 0.15) is 18.0 Å². The molecule has 7 heteroatoms. The van der Waals surface area contributed by atoms with Gasteiger partial charge in [0.15, 0.2) is 0 Å². The number of urea groups is 1. The van der Waals surface area contributed by atoms with Crippen LogP contribution in [0, 0.1) is 0 Å². The van der Waals surface area contributed by atoms with Gasteiger partial charge in [0.1, 0.15) is 0 Å². The molecule has 4 N–H and O–H groups in total. The number of methoxy groups -OCH3 is 1. The summed E-state index contributed by atoms with van der Waals surface area (Å²) in [7, 11) is 1.51. The van der Waals surface area contributed by atoms with Crippen LogP contribution in [0.2, 0.25) is 0 Å². The smallest absolute Gasteiger partial charge is 0.312 e. The number of carbonyl (C=O) groups excluding carboxylic acids is 2. The number of nitrogens with two attached hydrogens (primary N) is 1. The minimum Gasteiger partial charge on any atom is -0.481 e. The first-order valence-electron chi connectivity index (χ1n) is 6.99. The van der Waals surface area contributed by atoms with Crippen molar-refractivity contribution in [3.05, 3.63) is 54.2 Å². The zero-order valence-electron chi connectivity index (χ0n) is 12.7. The minimum absolute atomic E-state index is 0.0545. The molecule has 23 heavy (non-hydrogen) atoms. The van der Waals surface area contributed by atoms with E-state index in [9.17, 15) is 9.59 Å². The average Bonchev–Trinajstić information content (AvgIpc) is 2.55. The van der Waals surface area contributed by atoms with Gasteiger partial charge in [0.25, 0.3) is 0 Å². The maximum absolute atomic E-state index is 12.2. The van der Waals surface area contributed by atoms with E-state index in [2.05, 4.69) is 15.6 Å². The van der Waals surface area contributed by atoms with Crippen LogP contribution in [0.5, 0.6) is 5.88 Å². The molecule has 0 saturated heterocycles. The number of rotatable bonds is 6. The molecule has 0 aliphatic heterocycles. The van der Waals surface area contributed by atoms with Crippen molar-refractivity contribution in [1.29, 1.82) is 0 Å². The quantitative estimate of drug-likeness (QED) is 0.756. The number of nitrogens with one attached hydrogen (secondary N) is 2. The van der Waals surface area contributed by atoms with Crippen LogP contribution in [-0.2, 0) is 4.79 Å². The highest BCUT2D eigenvalue weighted by Crippen LogP contribution is 2.18. The van der Waals surface area contributed by atoms with E-state index in [0.717, 1.165) is 5.56 Å². The van der Waals surface area contributed by atoms with Crippen LogP contribution in [0.25, 0.3) is 0 Å². The van der Waals surface area contributed by atoms with Crippen molar-refractivity contribution in [2.75, 3.05) is 12.4 Å². The van der Waals surface area contributed by atoms with Crippen LogP contribution in [-0.4, -0.2) is 24.0 Å². The van der Waals surface area contributed by atoms with Crippen molar-refractivity contribution in [3.8, 4) is 5.88 Å². The van der Waals surface area contributed by atoms with Crippen LogP contribution < -0.4 is 21.1 Å². The molecule has 0 radical (unpaired) electrons. The van der Waals surface area contributed by atoms with Crippen molar-refractivity contribution in [2.45, 2.75) is 12.5 Å². The Morgan fingerprint density at radius 2 is 1.96 bits per heavy atom. The fraction of sp³-hybridized carbons (Fsp3) is 0.188. The van der Waals surface area contributed by atoms with Gasteiger partial charge in [-0.3, -0.25) is 4.79 Å². The number of pyridine rings is 1. The number of anilines is 1. The summed E-state index contributed by atoms with van der Waals surface area (Å²) in [6.07, 6.45) is 1.55. The highest BCUT2D eigenvalue weighted by molar-refractivity contribution is 5.91. The Morgan fingerprint density at radius 3 is 2.52 bits per heavy atom. The van der Waals surface area contributed by atoms with E-state index in [4.69, 9.17) is 10.5 Å². The van der Waals surface area contributed by atoms with Crippen LogP contribution in [0.15, 0.2) is 48.7 Å². The zero-order chi connectivity index (χ0) is 16.7. The number of hydrogen-bond acceptors (Lipinski definition) is 4. The fourth-order valence-corrected chi connectivity index (χ4v) is 2.08. The number of carbonyl (C=O) groups is 2. The average molecular weight is 314 g/mol. The lowest BCUT2D eigenvalue weighted by molar-refractivity contribution is -0.116. The maximum Gasteiger partial charge on any atom is 0.312 e. The van der Waals surface area contributed by atoms with E-state index in [1.807, 2.05) is 30.3 Å². The van der Waals surface area contributed by atoms with E-state index >= 15 is 0 Å². The molecule has 0 fully saturated rings. The summed E-state index contributed by atoms with van der Waals surface area (Å²) in [6, 6.07) is 11.3. The van der Waals surface area contributed by atoms with Gasteiger partial charge in [-0.05, 0) is 11.6 Å². The van der Waals surface area contributed by atoms with Gasteiger partial charge < -0.3 is 21.1 Å². The summed E-state index contributed by atoms with van der Waals surface area (Å²) < 4.78 is 4.96. The predicted molar refractivity (Wildman–Crippen MR) is 85.9 cm³/mol. The molecule has 2 rings (SSSR count). The van der Waals surface area contributed by atoms with Crippen molar-refractivity contribution in [3.63, 3.8) is 0 Å². The molecule has 0 spiro atoms. The number of nitrogens with zero attached hydrogens (tertiary/aromatic N) is 1. The van der Waals surface area contributed by atoms with Crippen molar-refractivity contribution < 1.29 is 14.3 Å². The highest BCUT2D eigenvalue weighted by Gasteiger charge is 2.17. The molecule has 1 aromatic heterocycles. The summed E-state index contributed by atoms with van der Waals surface area (Å²) in [5.41, 5.74) is 6.53. The molecule has 120 valence electrons. The molecule has 1 heterocycles. The molecule has 7 nitrogen and oxygen atoms in total. The van der Waals surface area contributed by atoms with E-state index in [0.29, 0.717) is 11.6 Å². The van der Waals surface area contributed by atoms with Crippen molar-refractivity contribution in [2.24, 2.45) is 5.73 Å². The van der Waals surface area contributed by atoms with Gasteiger partial charge >= 0.3 is 6.03 Å². The fourth-order valence-electron chi connectivity index (χ4n) is 2.08. The third-order valence-electron chi connectivity index (χ3n) is 3.14. The number of primary amides is 1. The third kappa shape index (κ3) is 4.99. The normalized spacial score (nSPS) is 11.3. The van der Waals surface area contributed by atoms with Gasteiger partial charge in [0, 0.05) is 6.07 Å². The monoisotopic (exact) mass is 314 g/mol. The third-order valence-corrected chi connectivity index (χ3v) is 3.14. The van der Waals surface area contributed by atoms with Gasteiger partial charge in [-0.15, -0.1) is 0 Å². The van der Waals surface area contributed by atoms with Gasteiger partial charge in [0.05, 0.1) is 31.5 Å². The molecule has 0 aliphatic rings. The predicted octanol–water partition coefficient (Wildman–Crippen LogP) is 1.83. The molecular weight excluding hydrogens is 296 g/mol. The lowest BCUT2D eigenvalue weighted by atomic mass is 10.0. The van der Waals surface area contributed by atoms with E-state index < -0.39 is 12.1 Å². The van der Waals surface area contributed by atoms with Crippen molar-refractivity contribution in [1.82, 2.24) is 10.3 Å². The van der Waals surface area contributed by atoms with Gasteiger partial charge in [-0.25, -0.2) is 9.78 Å². The Bertz CT molecular complexity index is 659. The molecule has 1 unspecified atom stereocenters. The minimum atomic E-state index is -0.683. The SMILES string of the molecule is COc1ccc(NC(=O)CC(NC(N)=O)c2ccccc2)cn1. The first-order chi connectivity index (χ1) is 11.1. The molecule has 2 aromatic rings. The van der Waals surface area contributed by atoms with Gasteiger partial charge in [-0.2, -0.15) is 0 Å². The topological polar surface area (TPSA) is 106 Å². The standard InChI is InChI=1S/C16H18N4O3/c1-23-15-8-7-12(10-18-15)19-14(21)9-13(20-16(17)22)11-5-3-2-4-6-11/h2-8,10,13H,9H2,1H3,(H,19,21)(H3,17,20,22). The second-order valence-corrected chi connectivity index (χ2v) is 4.81.